The van der Waals surface area contributed by atoms with Crippen molar-refractivity contribution in [2.75, 3.05) is 0 Å². The van der Waals surface area contributed by atoms with Crippen molar-refractivity contribution in [1.29, 1.82) is 0 Å². The van der Waals surface area contributed by atoms with Crippen molar-refractivity contribution in [2.45, 2.75) is 12.3 Å². The highest BCUT2D eigenvalue weighted by Crippen LogP contribution is 2.19. The van der Waals surface area contributed by atoms with Gasteiger partial charge < -0.3 is 0 Å². The first-order valence-corrected chi connectivity index (χ1v) is 6.62. The molecule has 2 aromatic carbocycles. The van der Waals surface area contributed by atoms with Crippen LogP contribution in [0.15, 0.2) is 73.8 Å². The number of aryl methyl sites for hydroxylation is 1. The van der Waals surface area contributed by atoms with Gasteiger partial charge in [0, 0.05) is 0 Å². The second-order valence-corrected chi connectivity index (χ2v) is 4.58. The number of alkyl halides is 1. The monoisotopic (exact) mass is 270 g/mol. The third-order valence-electron chi connectivity index (χ3n) is 2.73. The molecular weight excluding hydrogens is 252 g/mol. The molecule has 0 radical (unpaired) electrons. The van der Waals surface area contributed by atoms with Gasteiger partial charge in [-0.25, -0.2) is 0 Å². The minimum atomic E-state index is -0.0544. The van der Waals surface area contributed by atoms with Gasteiger partial charge in [0.1, 0.15) is 0 Å². The average Bonchev–Trinajstić information content (AvgIpc) is 2.48. The molecule has 0 saturated heterocycles. The summed E-state index contributed by atoms with van der Waals surface area (Å²) in [5.41, 5.74) is 3.60. The summed E-state index contributed by atoms with van der Waals surface area (Å²) in [7, 11) is 0. The summed E-state index contributed by atoms with van der Waals surface area (Å²) >= 11 is 5.87. The Morgan fingerprint density at radius 2 is 1.53 bits per heavy atom. The van der Waals surface area contributed by atoms with Gasteiger partial charge >= 0.3 is 0 Å². The van der Waals surface area contributed by atoms with E-state index in [9.17, 15) is 0 Å². The maximum atomic E-state index is 5.87. The highest BCUT2D eigenvalue weighted by atomic mass is 35.5. The molecule has 0 aliphatic carbocycles. The van der Waals surface area contributed by atoms with E-state index in [1.807, 2.05) is 48.5 Å². The van der Waals surface area contributed by atoms with Crippen LogP contribution >= 0.6 is 11.6 Å². The number of rotatable bonds is 3. The lowest BCUT2D eigenvalue weighted by Gasteiger charge is -2.01. The van der Waals surface area contributed by atoms with E-state index in [1.54, 1.807) is 6.08 Å². The standard InChI is InChI=1S/C9H9Cl.C9H10/c1-2-9(10)8-6-4-3-5-7-8;1-3-9-7-5-4-6-8(9)2/h2-7,9H,1H2;3-7H,1H2,2H3. The Morgan fingerprint density at radius 3 is 2.00 bits per heavy atom. The van der Waals surface area contributed by atoms with Crippen LogP contribution in [0.1, 0.15) is 22.1 Å². The third kappa shape index (κ3) is 5.15. The molecule has 0 heterocycles. The lowest BCUT2D eigenvalue weighted by Crippen LogP contribution is -1.82. The molecule has 1 unspecified atom stereocenters. The van der Waals surface area contributed by atoms with Crippen LogP contribution in [-0.2, 0) is 0 Å². The molecule has 0 fully saturated rings. The van der Waals surface area contributed by atoms with E-state index >= 15 is 0 Å². The molecule has 2 aromatic rings. The fourth-order valence-electron chi connectivity index (χ4n) is 1.59. The van der Waals surface area contributed by atoms with Crippen molar-refractivity contribution in [2.24, 2.45) is 0 Å². The quantitative estimate of drug-likeness (QED) is 0.489. The summed E-state index contributed by atoms with van der Waals surface area (Å²) in [5.74, 6) is 0. The average molecular weight is 271 g/mol. The Kier molecular flexibility index (Phi) is 6.70. The van der Waals surface area contributed by atoms with Crippen LogP contribution in [0.25, 0.3) is 6.08 Å². The van der Waals surface area contributed by atoms with Crippen molar-refractivity contribution in [3.63, 3.8) is 0 Å². The zero-order valence-electron chi connectivity index (χ0n) is 11.2. The molecule has 1 heteroatoms. The molecule has 0 amide bonds. The number of benzene rings is 2. The van der Waals surface area contributed by atoms with Crippen molar-refractivity contribution in [3.05, 3.63) is 90.5 Å². The van der Waals surface area contributed by atoms with E-state index in [2.05, 4.69) is 32.2 Å². The lowest BCUT2D eigenvalue weighted by molar-refractivity contribution is 1.22. The van der Waals surface area contributed by atoms with Gasteiger partial charge in [0.25, 0.3) is 0 Å². The second kappa shape index (κ2) is 8.34. The first-order chi connectivity index (χ1) is 9.19. The molecule has 0 aliphatic rings. The first-order valence-electron chi connectivity index (χ1n) is 6.18. The molecule has 0 nitrogen and oxygen atoms in total. The van der Waals surface area contributed by atoms with Gasteiger partial charge in [0.2, 0.25) is 0 Å². The zero-order valence-corrected chi connectivity index (χ0v) is 12.0. The SMILES string of the molecule is C=CC(Cl)c1ccccc1.C=Cc1ccccc1C. The van der Waals surface area contributed by atoms with E-state index < -0.39 is 0 Å². The Balaban J connectivity index is 0.000000191. The molecule has 98 valence electrons. The lowest BCUT2D eigenvalue weighted by atomic mass is 10.1. The van der Waals surface area contributed by atoms with Gasteiger partial charge in [-0.2, -0.15) is 0 Å². The van der Waals surface area contributed by atoms with Gasteiger partial charge in [-0.05, 0) is 23.6 Å². The Bertz CT molecular complexity index is 514. The summed E-state index contributed by atoms with van der Waals surface area (Å²) in [6, 6.07) is 18.1. The molecule has 0 N–H and O–H groups in total. The summed E-state index contributed by atoms with van der Waals surface area (Å²) in [4.78, 5) is 0. The molecule has 0 aromatic heterocycles. The maximum Gasteiger partial charge on any atom is 0.0763 e. The van der Waals surface area contributed by atoms with Crippen molar-refractivity contribution < 1.29 is 0 Å². The number of hydrogen-bond donors (Lipinski definition) is 0. The van der Waals surface area contributed by atoms with Crippen LogP contribution in [0.4, 0.5) is 0 Å². The highest BCUT2D eigenvalue weighted by Gasteiger charge is 1.98. The largest absolute Gasteiger partial charge is 0.113 e. The Labute approximate surface area is 121 Å². The maximum absolute atomic E-state index is 5.87. The smallest absolute Gasteiger partial charge is 0.0763 e. The van der Waals surface area contributed by atoms with E-state index in [-0.39, 0.29) is 5.38 Å². The van der Waals surface area contributed by atoms with Gasteiger partial charge in [0.15, 0.2) is 0 Å². The molecule has 0 spiro atoms. The fraction of sp³-hybridized carbons (Fsp3) is 0.111. The summed E-state index contributed by atoms with van der Waals surface area (Å²) in [5, 5.41) is -0.0544. The number of allylic oxidation sites excluding steroid dienone is 1. The predicted molar refractivity (Wildman–Crippen MR) is 86.5 cm³/mol. The fourth-order valence-corrected chi connectivity index (χ4v) is 1.73. The Morgan fingerprint density at radius 1 is 0.947 bits per heavy atom. The van der Waals surface area contributed by atoms with Crippen molar-refractivity contribution in [1.82, 2.24) is 0 Å². The molecular formula is C18H19Cl. The van der Waals surface area contributed by atoms with Gasteiger partial charge in [-0.1, -0.05) is 73.3 Å². The summed E-state index contributed by atoms with van der Waals surface area (Å²) < 4.78 is 0. The van der Waals surface area contributed by atoms with Crippen LogP contribution in [0.3, 0.4) is 0 Å². The number of halogens is 1. The van der Waals surface area contributed by atoms with Gasteiger partial charge in [0.05, 0.1) is 5.38 Å². The third-order valence-corrected chi connectivity index (χ3v) is 3.16. The second-order valence-electron chi connectivity index (χ2n) is 4.11. The van der Waals surface area contributed by atoms with E-state index in [0.717, 1.165) is 5.56 Å². The molecule has 0 bridgehead atoms. The highest BCUT2D eigenvalue weighted by molar-refractivity contribution is 6.21. The van der Waals surface area contributed by atoms with Crippen LogP contribution < -0.4 is 0 Å². The molecule has 2 rings (SSSR count). The molecule has 0 saturated carbocycles. The zero-order chi connectivity index (χ0) is 14.1. The van der Waals surface area contributed by atoms with E-state index in [4.69, 9.17) is 11.6 Å². The number of hydrogen-bond acceptors (Lipinski definition) is 0. The van der Waals surface area contributed by atoms with E-state index in [0.29, 0.717) is 0 Å². The minimum Gasteiger partial charge on any atom is -0.113 e. The first kappa shape index (κ1) is 15.3. The van der Waals surface area contributed by atoms with Crippen molar-refractivity contribution >= 4 is 17.7 Å². The van der Waals surface area contributed by atoms with E-state index in [1.165, 1.54) is 11.1 Å². The topological polar surface area (TPSA) is 0 Å². The predicted octanol–water partition coefficient (Wildman–Crippen LogP) is 5.79. The minimum absolute atomic E-state index is 0.0544. The summed E-state index contributed by atoms with van der Waals surface area (Å²) in [6.45, 7) is 9.38. The molecule has 1 atom stereocenters. The normalized spacial score (nSPS) is 10.8. The van der Waals surface area contributed by atoms with Crippen LogP contribution in [0.2, 0.25) is 0 Å². The van der Waals surface area contributed by atoms with Crippen molar-refractivity contribution in [3.8, 4) is 0 Å². The van der Waals surface area contributed by atoms with Crippen LogP contribution in [-0.4, -0.2) is 0 Å². The van der Waals surface area contributed by atoms with Gasteiger partial charge in [-0.15, -0.1) is 18.2 Å². The van der Waals surface area contributed by atoms with Crippen LogP contribution in [0.5, 0.6) is 0 Å². The molecule has 0 aliphatic heterocycles. The van der Waals surface area contributed by atoms with Crippen LogP contribution in [0, 0.1) is 6.92 Å². The van der Waals surface area contributed by atoms with Gasteiger partial charge in [-0.3, -0.25) is 0 Å². The summed E-state index contributed by atoms with van der Waals surface area (Å²) in [6.07, 6.45) is 3.59. The Hall–Kier alpha value is -1.79. The molecule has 19 heavy (non-hydrogen) atoms.